The average Bonchev–Trinajstić information content (AvgIpc) is 3.10. The van der Waals surface area contributed by atoms with Crippen molar-refractivity contribution in [2.24, 2.45) is 5.73 Å². The van der Waals surface area contributed by atoms with Crippen LogP contribution < -0.4 is 16.0 Å². The molecule has 3 N–H and O–H groups in total. The summed E-state index contributed by atoms with van der Waals surface area (Å²) in [6, 6.07) is 14.8. The number of carbonyl (C=O) groups excluding carboxylic acids is 2. The van der Waals surface area contributed by atoms with Crippen LogP contribution in [0.3, 0.4) is 0 Å². The van der Waals surface area contributed by atoms with Gasteiger partial charge in [-0.1, -0.05) is 12.1 Å². The van der Waals surface area contributed by atoms with Crippen molar-refractivity contribution in [3.63, 3.8) is 0 Å². The first kappa shape index (κ1) is 21.6. The van der Waals surface area contributed by atoms with Crippen molar-refractivity contribution in [1.29, 1.82) is 0 Å². The third-order valence-corrected chi connectivity index (χ3v) is 5.85. The third kappa shape index (κ3) is 4.82. The number of piperidine rings is 1. The summed E-state index contributed by atoms with van der Waals surface area (Å²) >= 11 is 0. The van der Waals surface area contributed by atoms with Crippen LogP contribution in [0.5, 0.6) is 0 Å². The highest BCUT2D eigenvalue weighted by molar-refractivity contribution is 6.07. The highest BCUT2D eigenvalue weighted by Crippen LogP contribution is 2.30. The van der Waals surface area contributed by atoms with Gasteiger partial charge in [0.15, 0.2) is 0 Å². The van der Waals surface area contributed by atoms with Gasteiger partial charge in [0.25, 0.3) is 5.91 Å². The molecule has 0 spiro atoms. The molecule has 7 heteroatoms. The number of aromatic nitrogens is 2. The van der Waals surface area contributed by atoms with Crippen LogP contribution in [-0.2, 0) is 6.54 Å². The van der Waals surface area contributed by atoms with Crippen molar-refractivity contribution < 1.29 is 9.59 Å². The number of carbonyl (C=O) groups is 2. The summed E-state index contributed by atoms with van der Waals surface area (Å²) in [7, 11) is 0. The highest BCUT2D eigenvalue weighted by atomic mass is 16.2. The molecular formula is C25H29N5O2. The molecule has 2 heterocycles. The van der Waals surface area contributed by atoms with Gasteiger partial charge in [-0.05, 0) is 75.1 Å². The predicted molar refractivity (Wildman–Crippen MR) is 126 cm³/mol. The molecule has 1 aliphatic rings. The van der Waals surface area contributed by atoms with E-state index in [0.717, 1.165) is 48.6 Å². The normalized spacial score (nSPS) is 13.8. The summed E-state index contributed by atoms with van der Waals surface area (Å²) in [6.07, 6.45) is 3.43. The minimum Gasteiger partial charge on any atom is -0.370 e. The number of primary amides is 1. The molecule has 1 aromatic heterocycles. The largest absolute Gasteiger partial charge is 0.370 e. The van der Waals surface area contributed by atoms with Crippen molar-refractivity contribution in [2.75, 3.05) is 23.3 Å². The second-order valence-corrected chi connectivity index (χ2v) is 8.38. The number of hydrogen-bond acceptors (Lipinski definition) is 4. The molecule has 1 fully saturated rings. The Kier molecular flexibility index (Phi) is 6.25. The molecule has 2 aromatic carbocycles. The Morgan fingerprint density at radius 2 is 1.78 bits per heavy atom. The van der Waals surface area contributed by atoms with Crippen molar-refractivity contribution in [3.05, 3.63) is 76.6 Å². The molecule has 0 aliphatic carbocycles. The molecular weight excluding hydrogens is 402 g/mol. The van der Waals surface area contributed by atoms with Crippen LogP contribution in [0.2, 0.25) is 0 Å². The molecule has 0 radical (unpaired) electrons. The maximum absolute atomic E-state index is 13.1. The zero-order chi connectivity index (χ0) is 22.7. The van der Waals surface area contributed by atoms with E-state index < -0.39 is 5.91 Å². The molecule has 0 atom stereocenters. The lowest BCUT2D eigenvalue weighted by Gasteiger charge is -2.30. The van der Waals surface area contributed by atoms with Gasteiger partial charge in [-0.3, -0.25) is 14.3 Å². The van der Waals surface area contributed by atoms with Crippen LogP contribution in [0.4, 0.5) is 11.4 Å². The first-order valence-corrected chi connectivity index (χ1v) is 11.0. The van der Waals surface area contributed by atoms with Gasteiger partial charge < -0.3 is 16.0 Å². The van der Waals surface area contributed by atoms with Gasteiger partial charge in [-0.2, -0.15) is 5.10 Å². The molecule has 4 rings (SSSR count). The van der Waals surface area contributed by atoms with Crippen molar-refractivity contribution in [2.45, 2.75) is 39.7 Å². The molecule has 1 saturated heterocycles. The molecule has 1 aliphatic heterocycles. The van der Waals surface area contributed by atoms with E-state index in [4.69, 9.17) is 5.73 Å². The second-order valence-electron chi connectivity index (χ2n) is 8.38. The van der Waals surface area contributed by atoms with Crippen molar-refractivity contribution >= 4 is 23.2 Å². The first-order chi connectivity index (χ1) is 15.4. The van der Waals surface area contributed by atoms with Crippen LogP contribution >= 0.6 is 0 Å². The number of nitrogens with zero attached hydrogens (tertiary/aromatic N) is 3. The van der Waals surface area contributed by atoms with Crippen LogP contribution in [0, 0.1) is 13.8 Å². The van der Waals surface area contributed by atoms with Gasteiger partial charge in [0, 0.05) is 29.9 Å². The number of hydrogen-bond donors (Lipinski definition) is 2. The maximum atomic E-state index is 13.1. The van der Waals surface area contributed by atoms with E-state index in [0.29, 0.717) is 23.4 Å². The number of anilines is 2. The fraction of sp³-hybridized carbons (Fsp3) is 0.320. The smallest absolute Gasteiger partial charge is 0.255 e. The minimum absolute atomic E-state index is 0.222. The summed E-state index contributed by atoms with van der Waals surface area (Å²) in [4.78, 5) is 27.1. The van der Waals surface area contributed by atoms with E-state index in [1.807, 2.05) is 48.9 Å². The second kappa shape index (κ2) is 9.26. The Hall–Kier alpha value is -3.61. The summed E-state index contributed by atoms with van der Waals surface area (Å²) in [6.45, 7) is 6.43. The zero-order valence-corrected chi connectivity index (χ0v) is 18.6. The Bertz CT molecular complexity index is 1140. The van der Waals surface area contributed by atoms with Gasteiger partial charge in [-0.25, -0.2) is 0 Å². The molecule has 0 unspecified atom stereocenters. The fourth-order valence-corrected chi connectivity index (χ4v) is 4.21. The molecule has 3 aromatic rings. The van der Waals surface area contributed by atoms with Crippen LogP contribution in [0.15, 0.2) is 48.5 Å². The lowest BCUT2D eigenvalue weighted by Crippen LogP contribution is -2.30. The van der Waals surface area contributed by atoms with Crippen LogP contribution in [-0.4, -0.2) is 34.7 Å². The van der Waals surface area contributed by atoms with Gasteiger partial charge in [0.2, 0.25) is 5.91 Å². The number of aryl methyl sites for hydroxylation is 2. The van der Waals surface area contributed by atoms with Crippen LogP contribution in [0.1, 0.15) is 56.9 Å². The minimum atomic E-state index is -0.516. The molecule has 0 bridgehead atoms. The summed E-state index contributed by atoms with van der Waals surface area (Å²) in [5, 5.41) is 7.52. The third-order valence-electron chi connectivity index (χ3n) is 5.85. The van der Waals surface area contributed by atoms with Crippen LogP contribution in [0.25, 0.3) is 0 Å². The monoisotopic (exact) mass is 431 g/mol. The van der Waals surface area contributed by atoms with Gasteiger partial charge in [0.05, 0.1) is 23.6 Å². The standard InChI is InChI=1S/C25H29N5O2/c1-17-13-18(2)30(28-17)16-19-7-6-8-21(14-19)25(32)27-22-15-20(24(26)31)9-10-23(22)29-11-4-3-5-12-29/h6-10,13-15H,3-5,11-12,16H2,1-2H3,(H2,26,31)(H,27,32). The Labute approximate surface area is 188 Å². The highest BCUT2D eigenvalue weighted by Gasteiger charge is 2.18. The SMILES string of the molecule is Cc1cc(C)n(Cc2cccc(C(=O)Nc3cc(C(N)=O)ccc3N3CCCCC3)c2)n1. The summed E-state index contributed by atoms with van der Waals surface area (Å²) < 4.78 is 1.93. The fourth-order valence-electron chi connectivity index (χ4n) is 4.21. The number of nitrogens with two attached hydrogens (primary N) is 1. The van der Waals surface area contributed by atoms with Crippen molar-refractivity contribution in [3.8, 4) is 0 Å². The molecule has 0 saturated carbocycles. The number of amides is 2. The molecule has 7 nitrogen and oxygen atoms in total. The topological polar surface area (TPSA) is 93.2 Å². The zero-order valence-electron chi connectivity index (χ0n) is 18.6. The number of nitrogens with one attached hydrogen (secondary N) is 1. The van der Waals surface area contributed by atoms with E-state index in [-0.39, 0.29) is 5.91 Å². The number of benzene rings is 2. The molecule has 32 heavy (non-hydrogen) atoms. The average molecular weight is 432 g/mol. The van der Waals surface area contributed by atoms with Gasteiger partial charge in [-0.15, -0.1) is 0 Å². The summed E-state index contributed by atoms with van der Waals surface area (Å²) in [5.74, 6) is -0.738. The lowest BCUT2D eigenvalue weighted by atomic mass is 10.1. The Balaban J connectivity index is 1.58. The van der Waals surface area contributed by atoms with E-state index in [1.54, 1.807) is 18.2 Å². The molecule has 2 amide bonds. The van der Waals surface area contributed by atoms with E-state index in [2.05, 4.69) is 15.3 Å². The van der Waals surface area contributed by atoms with E-state index in [9.17, 15) is 9.59 Å². The maximum Gasteiger partial charge on any atom is 0.255 e. The van der Waals surface area contributed by atoms with E-state index in [1.165, 1.54) is 6.42 Å². The van der Waals surface area contributed by atoms with Gasteiger partial charge in [0.1, 0.15) is 0 Å². The van der Waals surface area contributed by atoms with Gasteiger partial charge >= 0.3 is 0 Å². The number of rotatable bonds is 6. The Morgan fingerprint density at radius 1 is 1.00 bits per heavy atom. The van der Waals surface area contributed by atoms with E-state index >= 15 is 0 Å². The predicted octanol–water partition coefficient (Wildman–Crippen LogP) is 3.89. The first-order valence-electron chi connectivity index (χ1n) is 11.0. The molecule has 166 valence electrons. The summed E-state index contributed by atoms with van der Waals surface area (Å²) in [5.41, 5.74) is 11.0. The Morgan fingerprint density at radius 3 is 2.47 bits per heavy atom. The quantitative estimate of drug-likeness (QED) is 0.619. The lowest BCUT2D eigenvalue weighted by molar-refractivity contribution is 0.0996. The van der Waals surface area contributed by atoms with Crippen molar-refractivity contribution in [1.82, 2.24) is 9.78 Å².